The number of benzene rings is 2. The highest BCUT2D eigenvalue weighted by atomic mass is 16.6. The van der Waals surface area contributed by atoms with Gasteiger partial charge in [0.2, 0.25) is 0 Å². The molecule has 0 aromatic heterocycles. The Balaban J connectivity index is 1.99. The number of nitrogens with zero attached hydrogens (tertiary/aromatic N) is 1. The first kappa shape index (κ1) is 17.7. The van der Waals surface area contributed by atoms with Crippen LogP contribution in [0.15, 0.2) is 48.5 Å². The van der Waals surface area contributed by atoms with Gasteiger partial charge in [-0.1, -0.05) is 42.5 Å². The Labute approximate surface area is 143 Å². The van der Waals surface area contributed by atoms with Gasteiger partial charge >= 0.3 is 6.09 Å². The highest BCUT2D eigenvalue weighted by molar-refractivity contribution is 6.01. The van der Waals surface area contributed by atoms with Crippen molar-refractivity contribution in [1.82, 2.24) is 4.90 Å². The van der Waals surface area contributed by atoms with Crippen molar-refractivity contribution in [2.75, 3.05) is 7.05 Å². The van der Waals surface area contributed by atoms with Gasteiger partial charge in [-0.2, -0.15) is 0 Å². The maximum absolute atomic E-state index is 12.6. The third-order valence-electron chi connectivity index (χ3n) is 4.24. The van der Waals surface area contributed by atoms with E-state index in [1.807, 2.05) is 56.3 Å². The highest BCUT2D eigenvalue weighted by Gasteiger charge is 2.24. The topological polar surface area (TPSA) is 46.6 Å². The van der Waals surface area contributed by atoms with Crippen molar-refractivity contribution in [3.05, 3.63) is 70.8 Å². The normalized spacial score (nSPS) is 11.7. The average Bonchev–Trinajstić information content (AvgIpc) is 2.61. The molecule has 0 heterocycles. The monoisotopic (exact) mass is 325 g/mol. The van der Waals surface area contributed by atoms with Crippen LogP contribution in [0.2, 0.25) is 0 Å². The summed E-state index contributed by atoms with van der Waals surface area (Å²) >= 11 is 0. The molecule has 0 bridgehead atoms. The van der Waals surface area contributed by atoms with Gasteiger partial charge in [0.1, 0.15) is 6.61 Å². The lowest BCUT2D eigenvalue weighted by atomic mass is 10.00. The van der Waals surface area contributed by atoms with Gasteiger partial charge in [0, 0.05) is 12.6 Å². The van der Waals surface area contributed by atoms with Crippen LogP contribution in [-0.2, 0) is 11.3 Å². The fourth-order valence-corrected chi connectivity index (χ4v) is 2.29. The smallest absolute Gasteiger partial charge is 0.410 e. The van der Waals surface area contributed by atoms with E-state index in [1.54, 1.807) is 20.0 Å². The Bertz CT molecular complexity index is 725. The van der Waals surface area contributed by atoms with Gasteiger partial charge < -0.3 is 9.64 Å². The van der Waals surface area contributed by atoms with E-state index in [4.69, 9.17) is 4.74 Å². The fraction of sp³-hybridized carbons (Fsp3) is 0.300. The first-order valence-electron chi connectivity index (χ1n) is 7.95. The molecule has 0 saturated heterocycles. The van der Waals surface area contributed by atoms with Crippen LogP contribution in [0.5, 0.6) is 0 Å². The largest absolute Gasteiger partial charge is 0.445 e. The molecule has 24 heavy (non-hydrogen) atoms. The fourth-order valence-electron chi connectivity index (χ4n) is 2.29. The van der Waals surface area contributed by atoms with E-state index >= 15 is 0 Å². The van der Waals surface area contributed by atoms with Crippen LogP contribution in [0.3, 0.4) is 0 Å². The van der Waals surface area contributed by atoms with Gasteiger partial charge in [0.05, 0.1) is 6.04 Å². The van der Waals surface area contributed by atoms with Crippen LogP contribution < -0.4 is 0 Å². The minimum atomic E-state index is -0.588. The summed E-state index contributed by atoms with van der Waals surface area (Å²) in [4.78, 5) is 26.1. The third kappa shape index (κ3) is 4.22. The Morgan fingerprint density at radius 3 is 2.33 bits per heavy atom. The van der Waals surface area contributed by atoms with Crippen molar-refractivity contribution in [2.45, 2.75) is 33.4 Å². The van der Waals surface area contributed by atoms with Gasteiger partial charge in [-0.05, 0) is 43.5 Å². The third-order valence-corrected chi connectivity index (χ3v) is 4.24. The highest BCUT2D eigenvalue weighted by Crippen LogP contribution is 2.14. The van der Waals surface area contributed by atoms with E-state index in [0.29, 0.717) is 5.56 Å². The molecule has 4 heteroatoms. The Kier molecular flexibility index (Phi) is 5.74. The Hall–Kier alpha value is -2.62. The van der Waals surface area contributed by atoms with Crippen molar-refractivity contribution in [1.29, 1.82) is 0 Å². The Morgan fingerprint density at radius 2 is 1.71 bits per heavy atom. The molecule has 1 unspecified atom stereocenters. The maximum Gasteiger partial charge on any atom is 0.410 e. The Morgan fingerprint density at radius 1 is 1.04 bits per heavy atom. The number of hydrogen-bond acceptors (Lipinski definition) is 3. The summed E-state index contributed by atoms with van der Waals surface area (Å²) < 4.78 is 5.27. The summed E-state index contributed by atoms with van der Waals surface area (Å²) in [6.07, 6.45) is -0.511. The molecule has 0 aliphatic heterocycles. The lowest BCUT2D eigenvalue weighted by Gasteiger charge is -2.23. The lowest BCUT2D eigenvalue weighted by Crippen LogP contribution is -2.40. The average molecular weight is 325 g/mol. The SMILES string of the molecule is Cc1ccc(C(=O)C(C)N(C)C(=O)OCc2ccccc2)cc1C. The number of carbonyl (C=O) groups excluding carboxylic acids is 2. The van der Waals surface area contributed by atoms with Crippen molar-refractivity contribution < 1.29 is 14.3 Å². The standard InChI is InChI=1S/C20H23NO3/c1-14-10-11-18(12-15(14)2)19(22)16(3)21(4)20(23)24-13-17-8-6-5-7-9-17/h5-12,16H,13H2,1-4H3. The van der Waals surface area contributed by atoms with Crippen LogP contribution in [-0.4, -0.2) is 29.9 Å². The molecular weight excluding hydrogens is 302 g/mol. The van der Waals surface area contributed by atoms with E-state index in [9.17, 15) is 9.59 Å². The number of carbonyl (C=O) groups is 2. The lowest BCUT2D eigenvalue weighted by molar-refractivity contribution is 0.0741. The second-order valence-electron chi connectivity index (χ2n) is 5.99. The predicted molar refractivity (Wildman–Crippen MR) is 94.1 cm³/mol. The first-order chi connectivity index (χ1) is 11.4. The molecule has 1 amide bonds. The number of likely N-dealkylation sites (N-methyl/N-ethyl adjacent to an activating group) is 1. The second-order valence-corrected chi connectivity index (χ2v) is 5.99. The van der Waals surface area contributed by atoms with Crippen molar-refractivity contribution in [2.24, 2.45) is 0 Å². The van der Waals surface area contributed by atoms with Crippen LogP contribution in [0.4, 0.5) is 4.79 Å². The molecule has 0 spiro atoms. The molecule has 2 rings (SSSR count). The summed E-state index contributed by atoms with van der Waals surface area (Å²) in [6.45, 7) is 5.87. The van der Waals surface area contributed by atoms with E-state index in [0.717, 1.165) is 16.7 Å². The second kappa shape index (κ2) is 7.77. The number of Topliss-reactive ketones (excluding diaryl/α,β-unsaturated/α-hetero) is 1. The van der Waals surface area contributed by atoms with Gasteiger partial charge in [-0.3, -0.25) is 4.79 Å². The molecule has 2 aromatic carbocycles. The zero-order valence-corrected chi connectivity index (χ0v) is 14.6. The van der Waals surface area contributed by atoms with Gasteiger partial charge in [-0.25, -0.2) is 4.79 Å². The molecule has 0 N–H and O–H groups in total. The maximum atomic E-state index is 12.6. The number of rotatable bonds is 5. The zero-order valence-electron chi connectivity index (χ0n) is 14.6. The molecule has 0 saturated carbocycles. The van der Waals surface area contributed by atoms with Crippen LogP contribution in [0, 0.1) is 13.8 Å². The van der Waals surface area contributed by atoms with Crippen molar-refractivity contribution in [3.63, 3.8) is 0 Å². The van der Waals surface area contributed by atoms with Crippen molar-refractivity contribution in [3.8, 4) is 0 Å². The molecule has 0 radical (unpaired) electrons. The summed E-state index contributed by atoms with van der Waals surface area (Å²) in [6, 6.07) is 14.4. The summed E-state index contributed by atoms with van der Waals surface area (Å²) in [5.74, 6) is -0.0998. The minimum absolute atomic E-state index is 0.0998. The number of ketones is 1. The van der Waals surface area contributed by atoms with E-state index in [1.165, 1.54) is 4.90 Å². The van der Waals surface area contributed by atoms with E-state index < -0.39 is 12.1 Å². The summed E-state index contributed by atoms with van der Waals surface area (Å²) in [5, 5.41) is 0. The van der Waals surface area contributed by atoms with Crippen molar-refractivity contribution >= 4 is 11.9 Å². The predicted octanol–water partition coefficient (Wildman–Crippen LogP) is 4.14. The van der Waals surface area contributed by atoms with Gasteiger partial charge in [-0.15, -0.1) is 0 Å². The number of amides is 1. The first-order valence-corrected chi connectivity index (χ1v) is 7.95. The van der Waals surface area contributed by atoms with Gasteiger partial charge in [0.15, 0.2) is 5.78 Å². The number of ether oxygens (including phenoxy) is 1. The molecule has 2 aromatic rings. The van der Waals surface area contributed by atoms with Crippen LogP contribution >= 0.6 is 0 Å². The molecule has 0 aliphatic rings. The molecule has 0 aliphatic carbocycles. The van der Waals surface area contributed by atoms with Gasteiger partial charge in [0.25, 0.3) is 0 Å². The summed E-state index contributed by atoms with van der Waals surface area (Å²) in [5.41, 5.74) is 3.71. The minimum Gasteiger partial charge on any atom is -0.445 e. The van der Waals surface area contributed by atoms with E-state index in [2.05, 4.69) is 0 Å². The van der Waals surface area contributed by atoms with E-state index in [-0.39, 0.29) is 12.4 Å². The quantitative estimate of drug-likeness (QED) is 0.776. The number of hydrogen-bond donors (Lipinski definition) is 0. The molecule has 4 nitrogen and oxygen atoms in total. The molecule has 126 valence electrons. The van der Waals surface area contributed by atoms with Crippen LogP contribution in [0.1, 0.15) is 34.0 Å². The van der Waals surface area contributed by atoms with Crippen LogP contribution in [0.25, 0.3) is 0 Å². The molecule has 1 atom stereocenters. The summed E-state index contributed by atoms with van der Waals surface area (Å²) in [7, 11) is 1.58. The zero-order chi connectivity index (χ0) is 17.7. The number of aryl methyl sites for hydroxylation is 2. The molecular formula is C20H23NO3. The molecule has 0 fully saturated rings.